The molecule has 2 bridgehead atoms. The third kappa shape index (κ3) is 4.50. The van der Waals surface area contributed by atoms with Crippen molar-refractivity contribution < 1.29 is 4.79 Å². The van der Waals surface area contributed by atoms with Crippen LogP contribution in [0.2, 0.25) is 0 Å². The summed E-state index contributed by atoms with van der Waals surface area (Å²) in [6.45, 7) is 3.43. The van der Waals surface area contributed by atoms with Gasteiger partial charge in [-0.15, -0.1) is 12.4 Å². The molecule has 1 aromatic carbocycles. The Morgan fingerprint density at radius 2 is 1.95 bits per heavy atom. The van der Waals surface area contributed by atoms with Gasteiger partial charge in [0.25, 0.3) is 0 Å². The summed E-state index contributed by atoms with van der Waals surface area (Å²) in [4.78, 5) is 15.6. The number of nitrogens with one attached hydrogen (secondary N) is 1. The molecular weight excluding hydrogens is 304 g/mol. The maximum absolute atomic E-state index is 11.9. The molecule has 3 saturated heterocycles. The first-order chi connectivity index (χ1) is 9.81. The summed E-state index contributed by atoms with van der Waals surface area (Å²) in [5, 5.41) is 5.02. The average Bonchev–Trinajstić information content (AvgIpc) is 2.49. The quantitative estimate of drug-likeness (QED) is 0.682. The van der Waals surface area contributed by atoms with E-state index in [0.29, 0.717) is 12.0 Å². The molecule has 0 saturated carbocycles. The Balaban J connectivity index is 0.00000161. The number of hydrogen-bond acceptors (Lipinski definition) is 3. The molecule has 3 heterocycles. The molecular formula is C16H21ClN2OS. The second-order valence-electron chi connectivity index (χ2n) is 5.49. The minimum atomic E-state index is 0. The maximum Gasteiger partial charge on any atom is 0.244 e. The Morgan fingerprint density at radius 1 is 1.24 bits per heavy atom. The van der Waals surface area contributed by atoms with Crippen molar-refractivity contribution >= 4 is 30.1 Å². The SMILES string of the molecule is Cl.O=C(/C=C\Sc1ccccc1)NC1CN2CCC1CC2. The molecule has 0 radical (unpaired) electrons. The number of rotatable bonds is 4. The summed E-state index contributed by atoms with van der Waals surface area (Å²) in [5.74, 6) is 0.714. The number of fused-ring (bicyclic) bond motifs is 3. The minimum Gasteiger partial charge on any atom is -0.348 e. The summed E-state index contributed by atoms with van der Waals surface area (Å²) < 4.78 is 0. The van der Waals surface area contributed by atoms with Crippen LogP contribution in [0.5, 0.6) is 0 Å². The topological polar surface area (TPSA) is 32.3 Å². The van der Waals surface area contributed by atoms with Gasteiger partial charge in [-0.3, -0.25) is 4.79 Å². The molecule has 0 spiro atoms. The van der Waals surface area contributed by atoms with Gasteiger partial charge < -0.3 is 10.2 Å². The lowest BCUT2D eigenvalue weighted by atomic mass is 9.84. The Kier molecular flexibility index (Phi) is 6.15. The molecule has 5 heteroatoms. The normalized spacial score (nSPS) is 27.3. The second kappa shape index (κ2) is 7.87. The van der Waals surface area contributed by atoms with Crippen LogP contribution in [0.1, 0.15) is 12.8 Å². The average molecular weight is 325 g/mol. The highest BCUT2D eigenvalue weighted by atomic mass is 35.5. The Hall–Kier alpha value is -0.970. The van der Waals surface area contributed by atoms with E-state index in [9.17, 15) is 4.79 Å². The molecule has 3 fully saturated rings. The predicted molar refractivity (Wildman–Crippen MR) is 89.8 cm³/mol. The highest BCUT2D eigenvalue weighted by molar-refractivity contribution is 8.02. The van der Waals surface area contributed by atoms with Gasteiger partial charge in [0.2, 0.25) is 5.91 Å². The predicted octanol–water partition coefficient (Wildman–Crippen LogP) is 2.92. The van der Waals surface area contributed by atoms with Gasteiger partial charge in [0.1, 0.15) is 0 Å². The van der Waals surface area contributed by atoms with Crippen LogP contribution in [0.3, 0.4) is 0 Å². The highest BCUT2D eigenvalue weighted by Gasteiger charge is 2.34. The molecule has 114 valence electrons. The van der Waals surface area contributed by atoms with Crippen molar-refractivity contribution in [3.8, 4) is 0 Å². The molecule has 1 aromatic rings. The van der Waals surface area contributed by atoms with Crippen LogP contribution in [-0.2, 0) is 4.79 Å². The van der Waals surface area contributed by atoms with Gasteiger partial charge >= 0.3 is 0 Å². The largest absolute Gasteiger partial charge is 0.348 e. The lowest BCUT2D eigenvalue weighted by molar-refractivity contribution is -0.118. The van der Waals surface area contributed by atoms with E-state index in [1.807, 2.05) is 35.7 Å². The van der Waals surface area contributed by atoms with Crippen LogP contribution in [0.4, 0.5) is 0 Å². The Bertz CT molecular complexity index is 486. The van der Waals surface area contributed by atoms with E-state index in [1.165, 1.54) is 25.9 Å². The van der Waals surface area contributed by atoms with Crippen molar-refractivity contribution in [3.63, 3.8) is 0 Å². The first-order valence-corrected chi connectivity index (χ1v) is 8.10. The molecule has 4 rings (SSSR count). The Labute approximate surface area is 136 Å². The van der Waals surface area contributed by atoms with Crippen molar-refractivity contribution in [2.75, 3.05) is 19.6 Å². The number of carbonyl (C=O) groups is 1. The van der Waals surface area contributed by atoms with Gasteiger partial charge in [-0.2, -0.15) is 0 Å². The zero-order chi connectivity index (χ0) is 13.8. The maximum atomic E-state index is 11.9. The fourth-order valence-electron chi connectivity index (χ4n) is 3.03. The van der Waals surface area contributed by atoms with Crippen molar-refractivity contribution in [2.24, 2.45) is 5.92 Å². The van der Waals surface area contributed by atoms with Gasteiger partial charge in [-0.25, -0.2) is 0 Å². The standard InChI is InChI=1S/C16H20N2OS.ClH/c19-16(8-11-20-14-4-2-1-3-5-14)17-15-12-18-9-6-13(15)7-10-18;/h1-5,8,11,13,15H,6-7,9-10,12H2,(H,17,19);1H/b11-8-;. The number of nitrogens with zero attached hydrogens (tertiary/aromatic N) is 1. The number of piperidine rings is 3. The third-order valence-electron chi connectivity index (χ3n) is 4.15. The second-order valence-corrected chi connectivity index (χ2v) is 6.47. The molecule has 3 aliphatic rings. The molecule has 1 unspecified atom stereocenters. The Morgan fingerprint density at radius 3 is 2.57 bits per heavy atom. The molecule has 1 atom stereocenters. The zero-order valence-electron chi connectivity index (χ0n) is 11.9. The molecule has 1 amide bonds. The van der Waals surface area contributed by atoms with Crippen molar-refractivity contribution in [2.45, 2.75) is 23.8 Å². The fourth-order valence-corrected chi connectivity index (χ4v) is 3.70. The minimum absolute atomic E-state index is 0. The van der Waals surface area contributed by atoms with Crippen molar-refractivity contribution in [1.82, 2.24) is 10.2 Å². The number of benzene rings is 1. The van der Waals surface area contributed by atoms with Crippen LogP contribution in [0.25, 0.3) is 0 Å². The van der Waals surface area contributed by atoms with Gasteiger partial charge in [0.05, 0.1) is 0 Å². The molecule has 0 aromatic heterocycles. The van der Waals surface area contributed by atoms with Gasteiger partial charge in [-0.1, -0.05) is 30.0 Å². The molecule has 0 aliphatic carbocycles. The summed E-state index contributed by atoms with van der Waals surface area (Å²) in [7, 11) is 0. The third-order valence-corrected chi connectivity index (χ3v) is 4.97. The lowest BCUT2D eigenvalue weighted by Crippen LogP contribution is -2.57. The molecule has 3 nitrogen and oxygen atoms in total. The van der Waals surface area contributed by atoms with Gasteiger partial charge in [0, 0.05) is 23.6 Å². The molecule has 21 heavy (non-hydrogen) atoms. The summed E-state index contributed by atoms with van der Waals surface area (Å²) in [6, 6.07) is 10.4. The zero-order valence-corrected chi connectivity index (χ0v) is 13.5. The lowest BCUT2D eigenvalue weighted by Gasteiger charge is -2.44. The molecule has 3 aliphatic heterocycles. The van der Waals surface area contributed by atoms with Crippen molar-refractivity contribution in [1.29, 1.82) is 0 Å². The van der Waals surface area contributed by atoms with E-state index in [1.54, 1.807) is 17.8 Å². The van der Waals surface area contributed by atoms with E-state index >= 15 is 0 Å². The van der Waals surface area contributed by atoms with Crippen molar-refractivity contribution in [3.05, 3.63) is 41.8 Å². The van der Waals surface area contributed by atoms with Gasteiger partial charge in [0.15, 0.2) is 0 Å². The number of halogens is 1. The first kappa shape index (κ1) is 16.4. The van der Waals surface area contributed by atoms with E-state index < -0.39 is 0 Å². The van der Waals surface area contributed by atoms with E-state index in [4.69, 9.17) is 0 Å². The number of amides is 1. The van der Waals surface area contributed by atoms with Gasteiger partial charge in [-0.05, 0) is 49.4 Å². The highest BCUT2D eigenvalue weighted by Crippen LogP contribution is 2.27. The van der Waals surface area contributed by atoms with E-state index in [0.717, 1.165) is 11.4 Å². The van der Waals surface area contributed by atoms with E-state index in [-0.39, 0.29) is 18.3 Å². The van der Waals surface area contributed by atoms with Crippen LogP contribution < -0.4 is 5.32 Å². The summed E-state index contributed by atoms with van der Waals surface area (Å²) in [5.41, 5.74) is 0. The summed E-state index contributed by atoms with van der Waals surface area (Å²) in [6.07, 6.45) is 4.11. The first-order valence-electron chi connectivity index (χ1n) is 7.22. The number of thioether (sulfide) groups is 1. The smallest absolute Gasteiger partial charge is 0.244 e. The number of carbonyl (C=O) groups excluding carboxylic acids is 1. The molecule has 1 N–H and O–H groups in total. The monoisotopic (exact) mass is 324 g/mol. The fraction of sp³-hybridized carbons (Fsp3) is 0.438. The van der Waals surface area contributed by atoms with Crippen LogP contribution in [0, 0.1) is 5.92 Å². The summed E-state index contributed by atoms with van der Waals surface area (Å²) >= 11 is 1.57. The van der Waals surface area contributed by atoms with Crippen LogP contribution >= 0.6 is 24.2 Å². The van der Waals surface area contributed by atoms with Crippen LogP contribution in [-0.4, -0.2) is 36.5 Å². The van der Waals surface area contributed by atoms with Crippen LogP contribution in [0.15, 0.2) is 46.7 Å². The van der Waals surface area contributed by atoms with E-state index in [2.05, 4.69) is 10.2 Å². The number of hydrogen-bond donors (Lipinski definition) is 1.